The molecular weight excluding hydrogens is 180 g/mol. The van der Waals surface area contributed by atoms with Gasteiger partial charge in [-0.15, -0.1) is 0 Å². The number of carbonyl (C=O) groups excluding carboxylic acids is 1. The van der Waals surface area contributed by atoms with Gasteiger partial charge >= 0.3 is 5.97 Å². The zero-order chi connectivity index (χ0) is 10.8. The average molecular weight is 200 g/mol. The fourth-order valence-electron chi connectivity index (χ4n) is 1.59. The van der Waals surface area contributed by atoms with E-state index in [1.165, 1.54) is 7.11 Å². The highest BCUT2D eigenvalue weighted by atomic mass is 16.5. The summed E-state index contributed by atoms with van der Waals surface area (Å²) in [4.78, 5) is 11.2. The number of nitrogens with one attached hydrogen (secondary N) is 2. The summed E-state index contributed by atoms with van der Waals surface area (Å²) in [6.45, 7) is 8.01. The SMILES string of the molecule is COC(=O)C1CNC(C(C)(C)C)CN1. The van der Waals surface area contributed by atoms with Crippen molar-refractivity contribution in [1.29, 1.82) is 0 Å². The highest BCUT2D eigenvalue weighted by Crippen LogP contribution is 2.20. The maximum Gasteiger partial charge on any atom is 0.324 e. The van der Waals surface area contributed by atoms with Crippen molar-refractivity contribution in [1.82, 2.24) is 10.6 Å². The molecule has 82 valence electrons. The van der Waals surface area contributed by atoms with Crippen LogP contribution in [0.15, 0.2) is 0 Å². The standard InChI is InChI=1S/C10H20N2O2/c1-10(2,3)8-6-11-7(5-12-8)9(13)14-4/h7-8,11-12H,5-6H2,1-4H3. The Bertz CT molecular complexity index is 203. The van der Waals surface area contributed by atoms with Crippen molar-refractivity contribution in [2.75, 3.05) is 20.2 Å². The van der Waals surface area contributed by atoms with Gasteiger partial charge < -0.3 is 15.4 Å². The molecule has 4 heteroatoms. The molecule has 0 aromatic carbocycles. The lowest BCUT2D eigenvalue weighted by Crippen LogP contribution is -2.61. The third-order valence-electron chi connectivity index (χ3n) is 2.67. The summed E-state index contributed by atoms with van der Waals surface area (Å²) in [5, 5.41) is 6.55. The van der Waals surface area contributed by atoms with E-state index in [1.807, 2.05) is 0 Å². The molecule has 14 heavy (non-hydrogen) atoms. The van der Waals surface area contributed by atoms with Gasteiger partial charge in [0.15, 0.2) is 0 Å². The molecule has 0 amide bonds. The van der Waals surface area contributed by atoms with Crippen LogP contribution in [0.5, 0.6) is 0 Å². The Balaban J connectivity index is 2.43. The van der Waals surface area contributed by atoms with Gasteiger partial charge in [-0.25, -0.2) is 0 Å². The van der Waals surface area contributed by atoms with Gasteiger partial charge in [-0.3, -0.25) is 4.79 Å². The summed E-state index contributed by atoms with van der Waals surface area (Å²) < 4.78 is 4.67. The Labute approximate surface area is 85.4 Å². The van der Waals surface area contributed by atoms with Gasteiger partial charge in [0, 0.05) is 19.1 Å². The Kier molecular flexibility index (Phi) is 3.50. The van der Waals surface area contributed by atoms with Crippen molar-refractivity contribution in [2.24, 2.45) is 5.41 Å². The van der Waals surface area contributed by atoms with E-state index < -0.39 is 0 Å². The average Bonchev–Trinajstić information content (AvgIpc) is 2.15. The molecule has 2 unspecified atom stereocenters. The van der Waals surface area contributed by atoms with Crippen molar-refractivity contribution >= 4 is 5.97 Å². The predicted molar refractivity (Wildman–Crippen MR) is 55.1 cm³/mol. The number of rotatable bonds is 1. The summed E-state index contributed by atoms with van der Waals surface area (Å²) in [6.07, 6.45) is 0. The van der Waals surface area contributed by atoms with Crippen LogP contribution in [0.25, 0.3) is 0 Å². The monoisotopic (exact) mass is 200 g/mol. The Morgan fingerprint density at radius 2 is 1.93 bits per heavy atom. The number of hydrogen-bond acceptors (Lipinski definition) is 4. The minimum atomic E-state index is -0.196. The molecule has 4 nitrogen and oxygen atoms in total. The maximum absolute atomic E-state index is 11.2. The first-order chi connectivity index (χ1) is 6.45. The van der Waals surface area contributed by atoms with Crippen molar-refractivity contribution in [2.45, 2.75) is 32.9 Å². The zero-order valence-corrected chi connectivity index (χ0v) is 9.39. The Hall–Kier alpha value is -0.610. The molecule has 2 atom stereocenters. The van der Waals surface area contributed by atoms with E-state index in [9.17, 15) is 4.79 Å². The van der Waals surface area contributed by atoms with Crippen LogP contribution in [0.1, 0.15) is 20.8 Å². The quantitative estimate of drug-likeness (QED) is 0.591. The van der Waals surface area contributed by atoms with Crippen LogP contribution in [0, 0.1) is 5.41 Å². The zero-order valence-electron chi connectivity index (χ0n) is 9.39. The molecule has 0 saturated carbocycles. The highest BCUT2D eigenvalue weighted by molar-refractivity contribution is 5.76. The summed E-state index contributed by atoms with van der Waals surface area (Å²) in [5.41, 5.74) is 0.216. The first-order valence-corrected chi connectivity index (χ1v) is 4.99. The number of carbonyl (C=O) groups is 1. The molecule has 0 spiro atoms. The number of methoxy groups -OCH3 is 1. The molecular formula is C10H20N2O2. The largest absolute Gasteiger partial charge is 0.468 e. The summed E-state index contributed by atoms with van der Waals surface area (Å²) >= 11 is 0. The summed E-state index contributed by atoms with van der Waals surface area (Å²) in [6, 6.07) is 0.210. The molecule has 1 aliphatic rings. The van der Waals surface area contributed by atoms with Crippen LogP contribution in [0.2, 0.25) is 0 Å². The van der Waals surface area contributed by atoms with Crippen molar-refractivity contribution in [3.8, 4) is 0 Å². The van der Waals surface area contributed by atoms with Crippen molar-refractivity contribution in [3.63, 3.8) is 0 Å². The van der Waals surface area contributed by atoms with Gasteiger partial charge in [0.05, 0.1) is 7.11 Å². The molecule has 2 N–H and O–H groups in total. The molecule has 1 saturated heterocycles. The second-order valence-corrected chi connectivity index (χ2v) is 4.81. The van der Waals surface area contributed by atoms with Gasteiger partial charge in [-0.05, 0) is 5.41 Å². The molecule has 1 rings (SSSR count). The Morgan fingerprint density at radius 3 is 2.29 bits per heavy atom. The molecule has 0 aliphatic carbocycles. The third-order valence-corrected chi connectivity index (χ3v) is 2.67. The van der Waals surface area contributed by atoms with E-state index in [1.54, 1.807) is 0 Å². The molecule has 0 aromatic heterocycles. The summed E-state index contributed by atoms with van der Waals surface area (Å²) in [5.74, 6) is -0.190. The van der Waals surface area contributed by atoms with Crippen molar-refractivity contribution in [3.05, 3.63) is 0 Å². The fraction of sp³-hybridized carbons (Fsp3) is 0.900. The van der Waals surface area contributed by atoms with E-state index >= 15 is 0 Å². The number of ether oxygens (including phenoxy) is 1. The minimum Gasteiger partial charge on any atom is -0.468 e. The fourth-order valence-corrected chi connectivity index (χ4v) is 1.59. The van der Waals surface area contributed by atoms with Crippen LogP contribution < -0.4 is 10.6 Å². The lowest BCUT2D eigenvalue weighted by Gasteiger charge is -2.37. The smallest absolute Gasteiger partial charge is 0.324 e. The maximum atomic E-state index is 11.2. The van der Waals surface area contributed by atoms with Crippen LogP contribution in [-0.2, 0) is 9.53 Å². The van der Waals surface area contributed by atoms with Crippen LogP contribution in [-0.4, -0.2) is 38.3 Å². The Morgan fingerprint density at radius 1 is 1.29 bits per heavy atom. The molecule has 1 fully saturated rings. The van der Waals surface area contributed by atoms with E-state index in [4.69, 9.17) is 0 Å². The molecule has 0 bridgehead atoms. The predicted octanol–water partition coefficient (Wildman–Crippen LogP) is 0.136. The number of hydrogen-bond donors (Lipinski definition) is 2. The second-order valence-electron chi connectivity index (χ2n) is 4.81. The molecule has 0 aromatic rings. The van der Waals surface area contributed by atoms with Crippen molar-refractivity contribution < 1.29 is 9.53 Å². The van der Waals surface area contributed by atoms with E-state index in [2.05, 4.69) is 36.1 Å². The normalized spacial score (nSPS) is 28.6. The lowest BCUT2D eigenvalue weighted by atomic mass is 9.85. The van der Waals surface area contributed by atoms with E-state index in [-0.39, 0.29) is 17.4 Å². The lowest BCUT2D eigenvalue weighted by molar-refractivity contribution is -0.143. The van der Waals surface area contributed by atoms with Gasteiger partial charge in [-0.2, -0.15) is 0 Å². The van der Waals surface area contributed by atoms with E-state index in [0.29, 0.717) is 12.6 Å². The van der Waals surface area contributed by atoms with Crippen LogP contribution >= 0.6 is 0 Å². The topological polar surface area (TPSA) is 50.4 Å². The van der Waals surface area contributed by atoms with Gasteiger partial charge in [0.2, 0.25) is 0 Å². The van der Waals surface area contributed by atoms with Gasteiger partial charge in [0.25, 0.3) is 0 Å². The number of esters is 1. The highest BCUT2D eigenvalue weighted by Gasteiger charge is 2.31. The first kappa shape index (κ1) is 11.5. The molecule has 1 aliphatic heterocycles. The molecule has 0 radical (unpaired) electrons. The van der Waals surface area contributed by atoms with E-state index in [0.717, 1.165) is 6.54 Å². The van der Waals surface area contributed by atoms with Crippen LogP contribution in [0.4, 0.5) is 0 Å². The number of piperazine rings is 1. The second kappa shape index (κ2) is 4.28. The minimum absolute atomic E-state index is 0.190. The van der Waals surface area contributed by atoms with Gasteiger partial charge in [-0.1, -0.05) is 20.8 Å². The molecule has 1 heterocycles. The van der Waals surface area contributed by atoms with Gasteiger partial charge in [0.1, 0.15) is 6.04 Å². The first-order valence-electron chi connectivity index (χ1n) is 4.99. The summed E-state index contributed by atoms with van der Waals surface area (Å²) in [7, 11) is 1.42. The van der Waals surface area contributed by atoms with Crippen LogP contribution in [0.3, 0.4) is 0 Å². The third kappa shape index (κ3) is 2.69.